The fourth-order valence-corrected chi connectivity index (χ4v) is 3.86. The molecule has 1 aliphatic heterocycles. The molecule has 5 N–H and O–H groups in total. The molecule has 1 fully saturated rings. The molecule has 0 unspecified atom stereocenters. The maximum Gasteiger partial charge on any atom is 0.347 e. The Labute approximate surface area is 198 Å². The van der Waals surface area contributed by atoms with Crippen molar-refractivity contribution in [3.8, 4) is 5.75 Å². The molecule has 1 saturated heterocycles. The fourth-order valence-electron chi connectivity index (χ4n) is 3.86. The van der Waals surface area contributed by atoms with Crippen LogP contribution in [0.4, 0.5) is 0 Å². The van der Waals surface area contributed by atoms with Gasteiger partial charge >= 0.3 is 5.97 Å². The zero-order chi connectivity index (χ0) is 24.9. The van der Waals surface area contributed by atoms with E-state index >= 15 is 0 Å². The molecule has 2 aromatic carbocycles. The highest BCUT2D eigenvalue weighted by Gasteiger charge is 2.62. The van der Waals surface area contributed by atoms with Gasteiger partial charge in [0.15, 0.2) is 0 Å². The predicted molar refractivity (Wildman–Crippen MR) is 121 cm³/mol. The molecule has 2 aromatic rings. The summed E-state index contributed by atoms with van der Waals surface area (Å²) in [6, 6.07) is 13.0. The molecular weight excluding hydrogens is 444 g/mol. The number of rotatable bonds is 9. The average molecular weight is 477 g/mol. The van der Waals surface area contributed by atoms with Gasteiger partial charge in [-0.1, -0.05) is 43.3 Å². The number of benzene rings is 2. The molecule has 9 nitrogen and oxygen atoms in total. The van der Waals surface area contributed by atoms with Crippen LogP contribution in [-0.4, -0.2) is 74.9 Å². The lowest BCUT2D eigenvalue weighted by Crippen LogP contribution is -2.71. The summed E-state index contributed by atoms with van der Waals surface area (Å²) in [5.41, 5.74) is 0.574. The second-order valence-corrected chi connectivity index (χ2v) is 8.24. The Kier molecular flexibility index (Phi) is 8.64. The lowest BCUT2D eigenvalue weighted by atomic mass is 9.86. The highest BCUT2D eigenvalue weighted by atomic mass is 16.7. The molecular formula is C25H32O9. The average Bonchev–Trinajstić information content (AvgIpc) is 2.85. The van der Waals surface area contributed by atoms with Crippen molar-refractivity contribution in [1.82, 2.24) is 0 Å². The van der Waals surface area contributed by atoms with E-state index in [4.69, 9.17) is 14.2 Å². The van der Waals surface area contributed by atoms with Crippen LogP contribution in [0.2, 0.25) is 0 Å². The van der Waals surface area contributed by atoms with Crippen molar-refractivity contribution in [2.75, 3.05) is 13.2 Å². The highest BCUT2D eigenvalue weighted by Crippen LogP contribution is 2.35. The largest absolute Gasteiger partial charge is 0.464 e. The SMILES string of the molecule is CCOC(=O)[C@]1(O)[C@@H](Oc2cc(CO)ccc2Cc2ccc(CC)cc2)O[C@H](CO)[C@@H](O)[C@@H]1O. The Morgan fingerprint density at radius 1 is 1.03 bits per heavy atom. The number of hydrogen-bond acceptors (Lipinski definition) is 9. The first-order valence-corrected chi connectivity index (χ1v) is 11.3. The smallest absolute Gasteiger partial charge is 0.347 e. The normalized spacial score (nSPS) is 26.8. The van der Waals surface area contributed by atoms with Crippen LogP contribution in [0.5, 0.6) is 5.75 Å². The number of carbonyl (C=O) groups is 1. The Balaban J connectivity index is 1.98. The van der Waals surface area contributed by atoms with Gasteiger partial charge in [-0.3, -0.25) is 0 Å². The van der Waals surface area contributed by atoms with Crippen molar-refractivity contribution in [1.29, 1.82) is 0 Å². The van der Waals surface area contributed by atoms with Crippen molar-refractivity contribution >= 4 is 5.97 Å². The minimum Gasteiger partial charge on any atom is -0.464 e. The van der Waals surface area contributed by atoms with Crippen LogP contribution in [0, 0.1) is 0 Å². The monoisotopic (exact) mass is 476 g/mol. The highest BCUT2D eigenvalue weighted by molar-refractivity contribution is 5.81. The van der Waals surface area contributed by atoms with Gasteiger partial charge in [-0.15, -0.1) is 0 Å². The summed E-state index contributed by atoms with van der Waals surface area (Å²) in [5.74, 6) is -1.04. The Morgan fingerprint density at radius 3 is 2.26 bits per heavy atom. The van der Waals surface area contributed by atoms with Gasteiger partial charge in [-0.2, -0.15) is 0 Å². The van der Waals surface area contributed by atoms with Gasteiger partial charge in [0.25, 0.3) is 5.60 Å². The van der Waals surface area contributed by atoms with E-state index in [0.717, 1.165) is 12.0 Å². The second-order valence-electron chi connectivity index (χ2n) is 8.24. The molecule has 0 saturated carbocycles. The molecule has 0 spiro atoms. The molecule has 186 valence electrons. The van der Waals surface area contributed by atoms with Gasteiger partial charge in [0.1, 0.15) is 24.1 Å². The molecule has 9 heteroatoms. The van der Waals surface area contributed by atoms with Gasteiger partial charge in [-0.25, -0.2) is 4.79 Å². The first-order valence-electron chi connectivity index (χ1n) is 11.3. The summed E-state index contributed by atoms with van der Waals surface area (Å²) >= 11 is 0. The van der Waals surface area contributed by atoms with Crippen LogP contribution in [0.3, 0.4) is 0 Å². The number of aliphatic hydroxyl groups is 5. The van der Waals surface area contributed by atoms with Crippen molar-refractivity contribution in [3.05, 3.63) is 64.7 Å². The summed E-state index contributed by atoms with van der Waals surface area (Å²) in [5, 5.41) is 51.2. The summed E-state index contributed by atoms with van der Waals surface area (Å²) in [7, 11) is 0. The van der Waals surface area contributed by atoms with E-state index < -0.39 is 42.8 Å². The number of hydrogen-bond donors (Lipinski definition) is 5. The molecule has 5 atom stereocenters. The molecule has 0 aromatic heterocycles. The van der Waals surface area contributed by atoms with Gasteiger partial charge < -0.3 is 39.7 Å². The third-order valence-electron chi connectivity index (χ3n) is 5.97. The second kappa shape index (κ2) is 11.3. The van der Waals surface area contributed by atoms with Crippen LogP contribution in [0.1, 0.15) is 36.1 Å². The van der Waals surface area contributed by atoms with E-state index in [9.17, 15) is 30.3 Å². The van der Waals surface area contributed by atoms with Crippen LogP contribution in [-0.2, 0) is 33.7 Å². The van der Waals surface area contributed by atoms with Gasteiger partial charge in [0, 0.05) is 6.42 Å². The molecule has 1 heterocycles. The van der Waals surface area contributed by atoms with E-state index in [1.165, 1.54) is 18.6 Å². The quantitative estimate of drug-likeness (QED) is 0.326. The summed E-state index contributed by atoms with van der Waals surface area (Å²) in [6.07, 6.45) is -5.60. The minimum atomic E-state index is -2.77. The van der Waals surface area contributed by atoms with Gasteiger partial charge in [0.05, 0.1) is 19.8 Å². The van der Waals surface area contributed by atoms with Crippen molar-refractivity contribution in [2.24, 2.45) is 0 Å². The van der Waals surface area contributed by atoms with E-state index in [0.29, 0.717) is 17.5 Å². The first-order chi connectivity index (χ1) is 16.3. The molecule has 0 amide bonds. The topological polar surface area (TPSA) is 146 Å². The number of ether oxygens (including phenoxy) is 3. The van der Waals surface area contributed by atoms with Crippen LogP contribution in [0.15, 0.2) is 42.5 Å². The zero-order valence-electron chi connectivity index (χ0n) is 19.3. The number of carbonyl (C=O) groups excluding carboxylic acids is 1. The van der Waals surface area contributed by atoms with Gasteiger partial charge in [0.2, 0.25) is 6.29 Å². The van der Waals surface area contributed by atoms with E-state index in [2.05, 4.69) is 6.92 Å². The van der Waals surface area contributed by atoms with E-state index in [1.54, 1.807) is 12.1 Å². The van der Waals surface area contributed by atoms with Crippen molar-refractivity contribution in [2.45, 2.75) is 63.5 Å². The maximum atomic E-state index is 12.6. The molecule has 1 aliphatic rings. The summed E-state index contributed by atoms with van der Waals surface area (Å²) in [4.78, 5) is 12.6. The van der Waals surface area contributed by atoms with E-state index in [-0.39, 0.29) is 19.0 Å². The standard InChI is InChI=1S/C25H32O9/c1-3-15-5-7-16(8-6-15)11-18-10-9-17(13-26)12-19(18)33-24-25(31,23(30)32-4-2)22(29)21(28)20(14-27)34-24/h5-10,12,20-22,24,26-29,31H,3-4,11,13-14H2,1-2H3/t20-,21-,22+,24+,25+/m1/s1. The zero-order valence-corrected chi connectivity index (χ0v) is 19.3. The van der Waals surface area contributed by atoms with Crippen LogP contribution < -0.4 is 4.74 Å². The molecule has 3 rings (SSSR count). The molecule has 0 aliphatic carbocycles. The molecule has 0 radical (unpaired) electrons. The van der Waals surface area contributed by atoms with Crippen LogP contribution in [0.25, 0.3) is 0 Å². The fraction of sp³-hybridized carbons (Fsp3) is 0.480. The van der Waals surface area contributed by atoms with Gasteiger partial charge in [-0.05, 0) is 41.7 Å². The van der Waals surface area contributed by atoms with Crippen molar-refractivity contribution < 1.29 is 44.5 Å². The Bertz CT molecular complexity index is 961. The molecule has 34 heavy (non-hydrogen) atoms. The van der Waals surface area contributed by atoms with E-state index in [1.807, 2.05) is 24.3 Å². The minimum absolute atomic E-state index is 0.0981. The summed E-state index contributed by atoms with van der Waals surface area (Å²) in [6.45, 7) is 2.51. The first kappa shape index (κ1) is 26.1. The lowest BCUT2D eigenvalue weighted by molar-refractivity contribution is -0.315. The molecule has 0 bridgehead atoms. The number of aryl methyl sites for hydroxylation is 1. The summed E-state index contributed by atoms with van der Waals surface area (Å²) < 4.78 is 16.3. The Hall–Kier alpha value is -2.53. The third-order valence-corrected chi connectivity index (χ3v) is 5.97. The lowest BCUT2D eigenvalue weighted by Gasteiger charge is -2.45. The number of aliphatic hydroxyl groups excluding tert-OH is 4. The third kappa shape index (κ3) is 5.25. The van der Waals surface area contributed by atoms with Crippen LogP contribution >= 0.6 is 0 Å². The predicted octanol–water partition coefficient (Wildman–Crippen LogP) is 0.444. The Morgan fingerprint density at radius 2 is 1.68 bits per heavy atom. The number of esters is 1. The maximum absolute atomic E-state index is 12.6. The van der Waals surface area contributed by atoms with Crippen molar-refractivity contribution in [3.63, 3.8) is 0 Å².